The van der Waals surface area contributed by atoms with Gasteiger partial charge in [0, 0.05) is 24.9 Å². The molecule has 1 rings (SSSR count). The number of anilines is 1. The highest BCUT2D eigenvalue weighted by atomic mass is 19.1. The lowest BCUT2D eigenvalue weighted by Gasteiger charge is -2.13. The lowest BCUT2D eigenvalue weighted by Crippen LogP contribution is -2.39. The van der Waals surface area contributed by atoms with Crippen LogP contribution in [0.2, 0.25) is 0 Å². The molecule has 0 aromatic heterocycles. The summed E-state index contributed by atoms with van der Waals surface area (Å²) >= 11 is 0. The average Bonchev–Trinajstić information content (AvgIpc) is 2.39. The van der Waals surface area contributed by atoms with Gasteiger partial charge in [0.25, 0.3) is 0 Å². The third kappa shape index (κ3) is 5.44. The van der Waals surface area contributed by atoms with E-state index in [9.17, 15) is 9.18 Å². The van der Waals surface area contributed by atoms with Crippen LogP contribution in [0.3, 0.4) is 0 Å². The number of benzene rings is 1. The van der Waals surface area contributed by atoms with Crippen LogP contribution < -0.4 is 15.4 Å². The highest BCUT2D eigenvalue weighted by Crippen LogP contribution is 2.20. The van der Waals surface area contributed by atoms with Crippen molar-refractivity contribution in [3.63, 3.8) is 0 Å². The lowest BCUT2D eigenvalue weighted by molar-refractivity contribution is -0.120. The van der Waals surface area contributed by atoms with Crippen molar-refractivity contribution in [1.29, 1.82) is 0 Å². The van der Waals surface area contributed by atoms with Crippen LogP contribution >= 0.6 is 0 Å². The fraction of sp³-hybridized carbons (Fsp3) is 0.500. The summed E-state index contributed by atoms with van der Waals surface area (Å²) in [6.45, 7) is 4.56. The van der Waals surface area contributed by atoms with Crippen LogP contribution in [-0.4, -0.2) is 38.8 Å². The SMILES string of the molecule is CCOc1ccc(NCC(=O)NC(C)COC)cc1F. The molecule has 0 heterocycles. The van der Waals surface area contributed by atoms with E-state index in [1.165, 1.54) is 12.1 Å². The van der Waals surface area contributed by atoms with Gasteiger partial charge in [0.05, 0.1) is 19.8 Å². The van der Waals surface area contributed by atoms with Gasteiger partial charge >= 0.3 is 0 Å². The van der Waals surface area contributed by atoms with E-state index in [0.29, 0.717) is 18.9 Å². The van der Waals surface area contributed by atoms with Gasteiger partial charge in [-0.05, 0) is 26.0 Å². The van der Waals surface area contributed by atoms with Crippen molar-refractivity contribution in [1.82, 2.24) is 5.32 Å². The van der Waals surface area contributed by atoms with Crippen LogP contribution in [0.4, 0.5) is 10.1 Å². The van der Waals surface area contributed by atoms with Crippen molar-refractivity contribution in [2.24, 2.45) is 0 Å². The zero-order valence-corrected chi connectivity index (χ0v) is 12.0. The van der Waals surface area contributed by atoms with Crippen LogP contribution in [0.1, 0.15) is 13.8 Å². The van der Waals surface area contributed by atoms with Crippen molar-refractivity contribution in [3.8, 4) is 5.75 Å². The van der Waals surface area contributed by atoms with Gasteiger partial charge in [-0.25, -0.2) is 4.39 Å². The summed E-state index contributed by atoms with van der Waals surface area (Å²) in [4.78, 5) is 11.6. The number of nitrogens with one attached hydrogen (secondary N) is 2. The number of hydrogen-bond acceptors (Lipinski definition) is 4. The Morgan fingerprint density at radius 3 is 2.80 bits per heavy atom. The first-order valence-corrected chi connectivity index (χ1v) is 6.51. The Morgan fingerprint density at radius 1 is 1.45 bits per heavy atom. The van der Waals surface area contributed by atoms with E-state index in [2.05, 4.69) is 10.6 Å². The molecular weight excluding hydrogens is 263 g/mol. The van der Waals surface area contributed by atoms with Gasteiger partial charge in [0.1, 0.15) is 0 Å². The average molecular weight is 284 g/mol. The maximum absolute atomic E-state index is 13.6. The first kappa shape index (κ1) is 16.2. The highest BCUT2D eigenvalue weighted by Gasteiger charge is 2.08. The molecule has 5 nitrogen and oxygen atoms in total. The van der Waals surface area contributed by atoms with Gasteiger partial charge < -0.3 is 20.1 Å². The molecule has 6 heteroatoms. The van der Waals surface area contributed by atoms with E-state index in [1.54, 1.807) is 20.1 Å². The van der Waals surface area contributed by atoms with Crippen LogP contribution in [-0.2, 0) is 9.53 Å². The lowest BCUT2D eigenvalue weighted by atomic mass is 10.3. The van der Waals surface area contributed by atoms with Gasteiger partial charge in [0.15, 0.2) is 11.6 Å². The van der Waals surface area contributed by atoms with Crippen molar-refractivity contribution in [2.75, 3.05) is 32.2 Å². The van der Waals surface area contributed by atoms with Crippen LogP contribution in [0, 0.1) is 5.82 Å². The Hall–Kier alpha value is -1.82. The summed E-state index contributed by atoms with van der Waals surface area (Å²) in [6, 6.07) is 4.44. The van der Waals surface area contributed by atoms with E-state index in [4.69, 9.17) is 9.47 Å². The number of carbonyl (C=O) groups is 1. The molecule has 0 aliphatic heterocycles. The van der Waals surface area contributed by atoms with Gasteiger partial charge in [0.2, 0.25) is 5.91 Å². The van der Waals surface area contributed by atoms with E-state index < -0.39 is 5.82 Å². The second kappa shape index (κ2) is 8.37. The Labute approximate surface area is 118 Å². The number of carbonyl (C=O) groups excluding carboxylic acids is 1. The standard InChI is InChI=1S/C14H21FN2O3/c1-4-20-13-6-5-11(7-12(13)15)16-8-14(18)17-10(2)9-19-3/h5-7,10,16H,4,8-9H2,1-3H3,(H,17,18). The Morgan fingerprint density at radius 2 is 2.20 bits per heavy atom. The fourth-order valence-electron chi connectivity index (χ4n) is 1.68. The quantitative estimate of drug-likeness (QED) is 0.764. The number of hydrogen-bond donors (Lipinski definition) is 2. The number of halogens is 1. The van der Waals surface area contributed by atoms with Gasteiger partial charge in [-0.15, -0.1) is 0 Å². The predicted octanol–water partition coefficient (Wildman–Crippen LogP) is 1.79. The van der Waals surface area contributed by atoms with Crippen molar-refractivity contribution < 1.29 is 18.7 Å². The third-order valence-electron chi connectivity index (χ3n) is 2.51. The molecule has 2 N–H and O–H groups in total. The monoisotopic (exact) mass is 284 g/mol. The molecule has 0 aliphatic rings. The summed E-state index contributed by atoms with van der Waals surface area (Å²) < 4.78 is 23.6. The topological polar surface area (TPSA) is 59.6 Å². The summed E-state index contributed by atoms with van der Waals surface area (Å²) in [5.74, 6) is -0.426. The minimum atomic E-state index is -0.454. The van der Waals surface area contributed by atoms with Crippen molar-refractivity contribution >= 4 is 11.6 Å². The molecule has 0 saturated carbocycles. The number of amides is 1. The number of rotatable bonds is 8. The first-order valence-electron chi connectivity index (χ1n) is 6.51. The van der Waals surface area contributed by atoms with Crippen LogP contribution in [0.15, 0.2) is 18.2 Å². The van der Waals surface area contributed by atoms with E-state index in [0.717, 1.165) is 0 Å². The molecule has 0 saturated heterocycles. The molecule has 1 aromatic rings. The molecular formula is C14H21FN2O3. The molecule has 1 amide bonds. The van der Waals surface area contributed by atoms with Crippen molar-refractivity contribution in [2.45, 2.75) is 19.9 Å². The second-order valence-corrected chi connectivity index (χ2v) is 4.36. The Kier molecular flexibility index (Phi) is 6.79. The van der Waals surface area contributed by atoms with Crippen molar-refractivity contribution in [3.05, 3.63) is 24.0 Å². The molecule has 112 valence electrons. The summed E-state index contributed by atoms with van der Waals surface area (Å²) in [5.41, 5.74) is 0.528. The smallest absolute Gasteiger partial charge is 0.239 e. The largest absolute Gasteiger partial charge is 0.491 e. The summed E-state index contributed by atoms with van der Waals surface area (Å²) in [7, 11) is 1.57. The minimum absolute atomic E-state index is 0.0635. The maximum Gasteiger partial charge on any atom is 0.239 e. The van der Waals surface area contributed by atoms with E-state index >= 15 is 0 Å². The highest BCUT2D eigenvalue weighted by molar-refractivity contribution is 5.80. The molecule has 0 spiro atoms. The molecule has 1 unspecified atom stereocenters. The summed E-state index contributed by atoms with van der Waals surface area (Å²) in [5, 5.41) is 5.61. The van der Waals surface area contributed by atoms with Gasteiger partial charge in [-0.3, -0.25) is 4.79 Å². The van der Waals surface area contributed by atoms with E-state index in [1.807, 2.05) is 6.92 Å². The summed E-state index contributed by atoms with van der Waals surface area (Å²) in [6.07, 6.45) is 0. The third-order valence-corrected chi connectivity index (χ3v) is 2.51. The predicted molar refractivity (Wildman–Crippen MR) is 75.5 cm³/mol. The molecule has 20 heavy (non-hydrogen) atoms. The molecule has 0 radical (unpaired) electrons. The normalized spacial score (nSPS) is 11.8. The molecule has 0 aliphatic carbocycles. The van der Waals surface area contributed by atoms with Crippen LogP contribution in [0.5, 0.6) is 5.75 Å². The molecule has 1 atom stereocenters. The zero-order chi connectivity index (χ0) is 15.0. The second-order valence-electron chi connectivity index (χ2n) is 4.36. The van der Waals surface area contributed by atoms with Gasteiger partial charge in [-0.1, -0.05) is 0 Å². The molecule has 0 fully saturated rings. The maximum atomic E-state index is 13.6. The zero-order valence-electron chi connectivity index (χ0n) is 12.0. The molecule has 1 aromatic carbocycles. The van der Waals surface area contributed by atoms with Crippen LogP contribution in [0.25, 0.3) is 0 Å². The number of ether oxygens (including phenoxy) is 2. The Bertz CT molecular complexity index is 440. The first-order chi connectivity index (χ1) is 9.56. The Balaban J connectivity index is 2.45. The van der Waals surface area contributed by atoms with Gasteiger partial charge in [-0.2, -0.15) is 0 Å². The minimum Gasteiger partial charge on any atom is -0.491 e. The molecule has 0 bridgehead atoms. The fourth-order valence-corrected chi connectivity index (χ4v) is 1.68. The number of methoxy groups -OCH3 is 1. The van der Waals surface area contributed by atoms with E-state index in [-0.39, 0.29) is 24.2 Å².